The first-order valence-electron chi connectivity index (χ1n) is 17.6. The van der Waals surface area contributed by atoms with Crippen LogP contribution >= 0.6 is 0 Å². The molecule has 17 N–H and O–H groups in total. The Hall–Kier alpha value is -1.04. The van der Waals surface area contributed by atoms with Gasteiger partial charge in [-0.1, -0.05) is 0 Å². The van der Waals surface area contributed by atoms with E-state index in [2.05, 4.69) is 0 Å². The molecule has 328 valence electrons. The lowest BCUT2D eigenvalue weighted by molar-refractivity contribution is -0.392. The first-order valence-corrected chi connectivity index (χ1v) is 17.6. The van der Waals surface area contributed by atoms with E-state index in [9.17, 15) is 86.8 Å². The van der Waals surface area contributed by atoms with Crippen molar-refractivity contribution in [1.29, 1.82) is 0 Å². The number of ether oxygens (including phenoxy) is 9. The lowest BCUT2D eigenvalue weighted by Crippen LogP contribution is -2.68. The Kier molecular flexibility index (Phi) is 16.1. The summed E-state index contributed by atoms with van der Waals surface area (Å²) >= 11 is 0. The van der Waals surface area contributed by atoms with Crippen molar-refractivity contribution >= 4 is 0 Å². The van der Waals surface area contributed by atoms with Gasteiger partial charge in [0.1, 0.15) is 122 Å². The average molecular weight is 829 g/mol. The van der Waals surface area contributed by atoms with E-state index in [0.29, 0.717) is 0 Å². The molecule has 5 rings (SSSR count). The molecule has 5 heterocycles. The highest BCUT2D eigenvalue weighted by Crippen LogP contribution is 2.35. The zero-order chi connectivity index (χ0) is 41.3. The quantitative estimate of drug-likeness (QED) is 0.0819. The summed E-state index contributed by atoms with van der Waals surface area (Å²) in [4.78, 5) is 0. The summed E-state index contributed by atoms with van der Waals surface area (Å²) in [5.41, 5.74) is 0. The summed E-state index contributed by atoms with van der Waals surface area (Å²) in [5, 5.41) is 176. The number of rotatable bonds is 13. The fraction of sp³-hybridized carbons (Fsp3) is 1.00. The minimum Gasteiger partial charge on any atom is -0.394 e. The minimum absolute atomic E-state index is 0.811. The van der Waals surface area contributed by atoms with Gasteiger partial charge in [0, 0.05) is 0 Å². The summed E-state index contributed by atoms with van der Waals surface area (Å²) in [6.45, 7) is -4.51. The van der Waals surface area contributed by atoms with Gasteiger partial charge in [0.2, 0.25) is 0 Å². The van der Waals surface area contributed by atoms with E-state index < -0.39 is 187 Å². The minimum atomic E-state index is -2.12. The topological polar surface area (TPSA) is 427 Å². The highest BCUT2D eigenvalue weighted by Gasteiger charge is 2.56. The van der Waals surface area contributed by atoms with Gasteiger partial charge in [0.25, 0.3) is 0 Å². The van der Waals surface area contributed by atoms with Crippen LogP contribution in [0, 0.1) is 0 Å². The summed E-state index contributed by atoms with van der Waals surface area (Å²) in [7, 11) is 0. The van der Waals surface area contributed by atoms with E-state index in [1.165, 1.54) is 0 Å². The number of aliphatic hydroxyl groups excluding tert-OH is 17. The third-order valence-electron chi connectivity index (χ3n) is 10.3. The van der Waals surface area contributed by atoms with Gasteiger partial charge in [-0.15, -0.1) is 0 Å². The molecule has 0 aliphatic carbocycles. The van der Waals surface area contributed by atoms with Gasteiger partial charge in [-0.2, -0.15) is 0 Å². The molecule has 5 aliphatic rings. The van der Waals surface area contributed by atoms with Gasteiger partial charge in [-0.05, 0) is 0 Å². The van der Waals surface area contributed by atoms with E-state index in [-0.39, 0.29) is 0 Å². The Bertz CT molecular complexity index is 1200. The van der Waals surface area contributed by atoms with E-state index in [1.807, 2.05) is 0 Å². The molecule has 0 radical (unpaired) electrons. The normalized spacial score (nSPS) is 53.2. The van der Waals surface area contributed by atoms with Crippen LogP contribution in [0.2, 0.25) is 0 Å². The molecule has 0 saturated carbocycles. The van der Waals surface area contributed by atoms with Crippen molar-refractivity contribution in [3.8, 4) is 0 Å². The first kappa shape index (κ1) is 46.0. The van der Waals surface area contributed by atoms with Crippen LogP contribution in [0.3, 0.4) is 0 Å². The molecule has 26 nitrogen and oxygen atoms in total. The van der Waals surface area contributed by atoms with Crippen molar-refractivity contribution in [1.82, 2.24) is 0 Å². The van der Waals surface area contributed by atoms with Gasteiger partial charge in [0.05, 0.1) is 33.0 Å². The largest absolute Gasteiger partial charge is 0.394 e. The Labute approximate surface area is 316 Å². The molecule has 0 aromatic rings. The second-order valence-corrected chi connectivity index (χ2v) is 13.9. The molecule has 25 unspecified atom stereocenters. The Morgan fingerprint density at radius 2 is 0.518 bits per heavy atom. The average Bonchev–Trinajstić information content (AvgIpc) is 3.19. The lowest BCUT2D eigenvalue weighted by Gasteiger charge is -2.49. The highest BCUT2D eigenvalue weighted by atomic mass is 16.8. The van der Waals surface area contributed by atoms with Gasteiger partial charge >= 0.3 is 0 Å². The molecule has 25 atom stereocenters. The van der Waals surface area contributed by atoms with Crippen molar-refractivity contribution in [2.24, 2.45) is 0 Å². The smallest absolute Gasteiger partial charge is 0.187 e. The molecule has 56 heavy (non-hydrogen) atoms. The molecule has 0 aromatic heterocycles. The van der Waals surface area contributed by atoms with Crippen LogP contribution in [-0.4, -0.2) is 273 Å². The standard InChI is InChI=1S/C30H52O26/c31-1-6-11(36)12(37)18(43)27(49-6)54-23-8(3-33)51-29(20(45)14(23)39)56-25-10(5-35)52-30(21(46)16(25)41)55-24-9(4-34)50-28(19(44)15(24)40)53-22-7(2-32)48-26(47)17(42)13(22)38/h6-47H,1-5H2. The number of aliphatic hydroxyl groups is 17. The molecule has 0 spiro atoms. The third-order valence-corrected chi connectivity index (χ3v) is 10.3. The van der Waals surface area contributed by atoms with Crippen LogP contribution in [0.1, 0.15) is 0 Å². The highest BCUT2D eigenvalue weighted by molar-refractivity contribution is 4.99. The number of hydrogen-bond acceptors (Lipinski definition) is 26. The SMILES string of the molecule is OCC1OC(OC2C(CO)OC(OC3C(CO)OC(OC4C(CO)OC(OC5C(CO)OC(O)C(O)C5O)C(O)C4O)C(O)C3O)C(O)C2O)C(O)C(O)C1O. The Balaban J connectivity index is 1.22. The maximum Gasteiger partial charge on any atom is 0.187 e. The molecule has 0 bridgehead atoms. The van der Waals surface area contributed by atoms with Crippen LogP contribution in [-0.2, 0) is 42.6 Å². The lowest BCUT2D eigenvalue weighted by atomic mass is 9.95. The molecular formula is C30H52O26. The second-order valence-electron chi connectivity index (χ2n) is 13.9. The van der Waals surface area contributed by atoms with Gasteiger partial charge in [-0.3, -0.25) is 0 Å². The Morgan fingerprint density at radius 1 is 0.268 bits per heavy atom. The van der Waals surface area contributed by atoms with Gasteiger partial charge in [0.15, 0.2) is 31.5 Å². The van der Waals surface area contributed by atoms with Crippen LogP contribution < -0.4 is 0 Å². The monoisotopic (exact) mass is 828 g/mol. The molecular weight excluding hydrogens is 776 g/mol. The van der Waals surface area contributed by atoms with E-state index in [0.717, 1.165) is 0 Å². The summed E-state index contributed by atoms with van der Waals surface area (Å²) in [5.74, 6) is 0. The van der Waals surface area contributed by atoms with Crippen LogP contribution in [0.15, 0.2) is 0 Å². The fourth-order valence-electron chi connectivity index (χ4n) is 7.03. The van der Waals surface area contributed by atoms with Crippen molar-refractivity contribution in [2.45, 2.75) is 154 Å². The van der Waals surface area contributed by atoms with E-state index in [4.69, 9.17) is 42.6 Å². The molecule has 5 fully saturated rings. The third kappa shape index (κ3) is 9.16. The number of hydrogen-bond donors (Lipinski definition) is 17. The molecule has 5 saturated heterocycles. The summed E-state index contributed by atoms with van der Waals surface area (Å²) < 4.78 is 49.1. The van der Waals surface area contributed by atoms with Gasteiger partial charge < -0.3 is 129 Å². The summed E-state index contributed by atoms with van der Waals surface area (Å²) in [6, 6.07) is 0. The van der Waals surface area contributed by atoms with Crippen LogP contribution in [0.25, 0.3) is 0 Å². The van der Waals surface area contributed by atoms with E-state index >= 15 is 0 Å². The second kappa shape index (κ2) is 19.6. The van der Waals surface area contributed by atoms with Crippen LogP contribution in [0.5, 0.6) is 0 Å². The van der Waals surface area contributed by atoms with Gasteiger partial charge in [-0.25, -0.2) is 0 Å². The zero-order valence-corrected chi connectivity index (χ0v) is 29.2. The summed E-state index contributed by atoms with van der Waals surface area (Å²) in [6.07, 6.45) is -45.8. The van der Waals surface area contributed by atoms with Crippen molar-refractivity contribution in [2.75, 3.05) is 33.0 Å². The molecule has 26 heteroatoms. The van der Waals surface area contributed by atoms with Crippen molar-refractivity contribution < 1.29 is 129 Å². The van der Waals surface area contributed by atoms with Crippen molar-refractivity contribution in [3.63, 3.8) is 0 Å². The molecule has 0 amide bonds. The molecule has 0 aromatic carbocycles. The first-order chi connectivity index (χ1) is 26.5. The Morgan fingerprint density at radius 3 is 0.821 bits per heavy atom. The maximum atomic E-state index is 11.1. The predicted octanol–water partition coefficient (Wildman–Crippen LogP) is -11.9. The fourth-order valence-corrected chi connectivity index (χ4v) is 7.03. The maximum absolute atomic E-state index is 11.1. The van der Waals surface area contributed by atoms with Crippen LogP contribution in [0.4, 0.5) is 0 Å². The molecule has 5 aliphatic heterocycles. The van der Waals surface area contributed by atoms with Crippen molar-refractivity contribution in [3.05, 3.63) is 0 Å². The zero-order valence-electron chi connectivity index (χ0n) is 29.2. The predicted molar refractivity (Wildman–Crippen MR) is 167 cm³/mol. The van der Waals surface area contributed by atoms with E-state index in [1.54, 1.807) is 0 Å².